The van der Waals surface area contributed by atoms with Crippen LogP contribution in [0.2, 0.25) is 5.02 Å². The Bertz CT molecular complexity index is 2990. The first kappa shape index (κ1) is 70.8. The number of rotatable bonds is 22. The SMILES string of the molecule is COc1cc2cc(c1Cl)N(C)C(=O)C[C@H](OC(=O)[C@H](C)N(C)C(=O)c1ccc(NC(=O)[C@H](CCCNC(N)=O)NC(=O)[C@@H](NC(=O)CCCCCN3CC(C(C)(C)C)CC3=O)C(C)C)cc1)[C@]1(C)O[C@H]1[C@H](C)[C@@H]1C[C@@](O)(NC(=O)O1)[C@H](OC)/C=C/C=C(\C)C2. The number of likely N-dealkylation sites (tertiary alicyclic amines) is 1. The van der Waals surface area contributed by atoms with Crippen molar-refractivity contribution in [2.24, 2.45) is 28.9 Å². The predicted octanol–water partition coefficient (Wildman–Crippen LogP) is 6.30. The quantitative estimate of drug-likeness (QED) is 0.0387. The number of allylic oxidation sites excluding steroid dienone is 3. The number of esters is 1. The number of carbonyl (C=O) groups excluding carboxylic acids is 9. The number of ether oxygens (including phenoxy) is 5. The minimum absolute atomic E-state index is 0.0391. The average Bonchev–Trinajstić information content (AvgIpc) is 1.73. The smallest absolute Gasteiger partial charge is 0.409 e. The molecule has 24 nitrogen and oxygen atoms in total. The standard InChI is InChI=1S/C64H92ClN9O15/c1-36(2)54(70-50(75)22-15-14-16-28-74-35-42(32-52(74)77)62(6,7)8)57(79)69-44(20-18-27-67-60(66)82)56(78)68-43-25-23-41(24-26-43)58(80)72(10)39(5)59(81)88-49-33-51(76)73(11)45-30-40(31-46(85-12)53(45)65)29-37(3)19-17-21-48(86-13)64(84)34-47(87-61(83)71-64)38(4)55-63(49,9)89-55/h17,19,21,23-26,30-31,36,38-39,42,44,47-49,54-55,84H,14-16,18,20,22,27-29,32-35H2,1-13H3,(H,68,78)(H,69,79)(H,70,75)(H,71,83)(H3,66,67,82)/b21-17+,37-19+/t38-,39+,42?,44+,47+,48-,49+,54+,55+,63+,64+/m1/s1. The summed E-state index contributed by atoms with van der Waals surface area (Å²) in [4.78, 5) is 126. The van der Waals surface area contributed by atoms with Crippen LogP contribution in [0.25, 0.3) is 0 Å². The van der Waals surface area contributed by atoms with E-state index in [1.165, 1.54) is 64.4 Å². The number of anilines is 2. The van der Waals surface area contributed by atoms with Gasteiger partial charge in [0.25, 0.3) is 5.91 Å². The molecule has 0 aromatic heterocycles. The number of unbranched alkanes of at least 4 members (excludes halogenated alkanes) is 2. The normalized spacial score (nSPS) is 25.8. The van der Waals surface area contributed by atoms with Crippen molar-refractivity contribution in [1.29, 1.82) is 0 Å². The van der Waals surface area contributed by atoms with Crippen molar-refractivity contribution in [3.63, 3.8) is 0 Å². The topological polar surface area (TPSA) is 319 Å². The molecular formula is C64H92ClN9O15. The van der Waals surface area contributed by atoms with Crippen LogP contribution in [0.1, 0.15) is 136 Å². The first-order valence-electron chi connectivity index (χ1n) is 30.5. The van der Waals surface area contributed by atoms with Gasteiger partial charge in [0.15, 0.2) is 5.72 Å². The molecule has 0 radical (unpaired) electrons. The Morgan fingerprint density at radius 3 is 2.29 bits per heavy atom. The fourth-order valence-corrected chi connectivity index (χ4v) is 11.8. The maximum Gasteiger partial charge on any atom is 0.409 e. The number of nitrogens with two attached hydrogens (primary N) is 1. The number of alkyl carbamates (subject to hydrolysis) is 1. The van der Waals surface area contributed by atoms with E-state index >= 15 is 0 Å². The van der Waals surface area contributed by atoms with E-state index in [1.54, 1.807) is 52.0 Å². The molecule has 0 saturated carbocycles. The first-order chi connectivity index (χ1) is 41.8. The van der Waals surface area contributed by atoms with E-state index in [1.807, 2.05) is 17.9 Å². The van der Waals surface area contributed by atoms with Crippen LogP contribution in [0.4, 0.5) is 21.0 Å². The van der Waals surface area contributed by atoms with Gasteiger partial charge in [-0.05, 0) is 112 Å². The van der Waals surface area contributed by atoms with Gasteiger partial charge in [0.05, 0.1) is 25.3 Å². The maximum atomic E-state index is 14.5. The van der Waals surface area contributed by atoms with E-state index in [0.717, 1.165) is 29.0 Å². The summed E-state index contributed by atoms with van der Waals surface area (Å²) in [6.07, 6.45) is 3.12. The molecule has 25 heteroatoms. The Morgan fingerprint density at radius 2 is 1.66 bits per heavy atom. The van der Waals surface area contributed by atoms with Gasteiger partial charge in [-0.1, -0.05) is 83.4 Å². The molecule has 89 heavy (non-hydrogen) atoms. The lowest BCUT2D eigenvalue weighted by Crippen LogP contribution is -2.63. The lowest BCUT2D eigenvalue weighted by Gasteiger charge is -2.42. The summed E-state index contributed by atoms with van der Waals surface area (Å²) in [5.74, 6) is -3.79. The van der Waals surface area contributed by atoms with Crippen LogP contribution < -0.4 is 42.0 Å². The van der Waals surface area contributed by atoms with Crippen LogP contribution in [0.15, 0.2) is 60.2 Å². The number of nitrogens with zero attached hydrogens (tertiary/aromatic N) is 3. The second kappa shape index (κ2) is 30.5. The highest BCUT2D eigenvalue weighted by Gasteiger charge is 2.64. The largest absolute Gasteiger partial charge is 0.495 e. The molecule has 3 saturated heterocycles. The summed E-state index contributed by atoms with van der Waals surface area (Å²) in [7, 11) is 5.79. The van der Waals surface area contributed by atoms with E-state index in [2.05, 4.69) is 47.4 Å². The molecule has 6 rings (SSSR count). The van der Waals surface area contributed by atoms with Crippen molar-refractivity contribution >= 4 is 76.5 Å². The van der Waals surface area contributed by atoms with Crippen LogP contribution in [0.3, 0.4) is 0 Å². The van der Waals surface area contributed by atoms with E-state index < -0.39 is 108 Å². The van der Waals surface area contributed by atoms with Gasteiger partial charge in [0.2, 0.25) is 29.5 Å². The number of epoxide rings is 1. The van der Waals surface area contributed by atoms with Gasteiger partial charge in [-0.15, -0.1) is 0 Å². The van der Waals surface area contributed by atoms with Crippen LogP contribution in [-0.4, -0.2) is 170 Å². The summed E-state index contributed by atoms with van der Waals surface area (Å²) in [6, 6.07) is 5.20. The first-order valence-corrected chi connectivity index (χ1v) is 30.9. The molecule has 0 aliphatic carbocycles. The van der Waals surface area contributed by atoms with Crippen molar-refractivity contribution in [1.82, 2.24) is 31.1 Å². The van der Waals surface area contributed by atoms with Crippen LogP contribution in [0, 0.1) is 23.2 Å². The van der Waals surface area contributed by atoms with Gasteiger partial charge in [0, 0.05) is 77.3 Å². The summed E-state index contributed by atoms with van der Waals surface area (Å²) in [5, 5.41) is 25.5. The lowest BCUT2D eigenvalue weighted by atomic mass is 9.80. The van der Waals surface area contributed by atoms with Gasteiger partial charge in [0.1, 0.15) is 52.8 Å². The minimum Gasteiger partial charge on any atom is -0.495 e. The summed E-state index contributed by atoms with van der Waals surface area (Å²) in [5.41, 5.74) is 4.36. The number of primary amides is 1. The van der Waals surface area contributed by atoms with Gasteiger partial charge in [-0.2, -0.15) is 0 Å². The molecule has 490 valence electrons. The number of aliphatic hydroxyl groups is 1. The Morgan fingerprint density at radius 1 is 0.966 bits per heavy atom. The molecule has 4 aliphatic rings. The maximum absolute atomic E-state index is 14.5. The molecule has 11 atom stereocenters. The zero-order valence-corrected chi connectivity index (χ0v) is 54.4. The Kier molecular flexibility index (Phi) is 24.3. The van der Waals surface area contributed by atoms with Crippen molar-refractivity contribution in [3.05, 3.63) is 76.3 Å². The van der Waals surface area contributed by atoms with Crippen LogP contribution >= 0.6 is 11.6 Å². The van der Waals surface area contributed by atoms with Gasteiger partial charge in [-0.3, -0.25) is 34.1 Å². The van der Waals surface area contributed by atoms with Crippen molar-refractivity contribution in [3.8, 4) is 5.75 Å². The fraction of sp³-hybridized carbons (Fsp3) is 0.609. The predicted molar refractivity (Wildman–Crippen MR) is 333 cm³/mol. The molecule has 0 spiro atoms. The van der Waals surface area contributed by atoms with Crippen molar-refractivity contribution in [2.75, 3.05) is 58.2 Å². The highest BCUT2D eigenvalue weighted by Crippen LogP contribution is 2.49. The number of benzene rings is 2. The third-order valence-corrected chi connectivity index (χ3v) is 17.9. The molecule has 3 fully saturated rings. The number of likely N-dealkylation sites (N-methyl/N-ethyl adjacent to an activating group) is 1. The number of urea groups is 1. The molecule has 4 aliphatic heterocycles. The third-order valence-electron chi connectivity index (χ3n) is 17.5. The molecule has 4 bridgehead atoms. The van der Waals surface area contributed by atoms with Gasteiger partial charge in [-0.25, -0.2) is 14.4 Å². The molecule has 9 amide bonds. The highest BCUT2D eigenvalue weighted by atomic mass is 35.5. The lowest BCUT2D eigenvalue weighted by molar-refractivity contribution is -0.158. The van der Waals surface area contributed by atoms with E-state index in [0.29, 0.717) is 49.6 Å². The van der Waals surface area contributed by atoms with E-state index in [4.69, 9.17) is 41.0 Å². The van der Waals surface area contributed by atoms with Crippen LogP contribution in [-0.2, 0) is 54.1 Å². The molecule has 8 N–H and O–H groups in total. The van der Waals surface area contributed by atoms with Gasteiger partial charge < -0.3 is 70.5 Å². The summed E-state index contributed by atoms with van der Waals surface area (Å²) >= 11 is 6.86. The van der Waals surface area contributed by atoms with E-state index in [-0.39, 0.29) is 71.6 Å². The third kappa shape index (κ3) is 18.4. The number of fused-ring (bicyclic) bond motifs is 5. The Hall–Kier alpha value is -7.28. The number of carbonyl (C=O) groups is 9. The molecule has 2 aromatic rings. The van der Waals surface area contributed by atoms with Crippen LogP contribution in [0.5, 0.6) is 5.75 Å². The minimum atomic E-state index is -1.91. The Balaban J connectivity index is 1.13. The number of hydrogen-bond acceptors (Lipinski definition) is 15. The number of nitrogens with one attached hydrogen (secondary N) is 5. The van der Waals surface area contributed by atoms with Crippen molar-refractivity contribution < 1.29 is 71.9 Å². The number of hydrogen-bond donors (Lipinski definition) is 7. The van der Waals surface area contributed by atoms with Gasteiger partial charge >= 0.3 is 18.1 Å². The number of halogens is 1. The highest BCUT2D eigenvalue weighted by molar-refractivity contribution is 6.35. The molecular weight excluding hydrogens is 1170 g/mol. The van der Waals surface area contributed by atoms with E-state index in [9.17, 15) is 48.3 Å². The second-order valence-electron chi connectivity index (χ2n) is 25.6. The molecule has 4 heterocycles. The van der Waals surface area contributed by atoms with Crippen molar-refractivity contribution in [2.45, 2.75) is 180 Å². The molecule has 1 unspecified atom stereocenters. The average molecular weight is 1260 g/mol. The second-order valence-corrected chi connectivity index (χ2v) is 26.0. The zero-order valence-electron chi connectivity index (χ0n) is 53.6. The molecule has 2 aromatic carbocycles. The number of amides is 9. The fourth-order valence-electron chi connectivity index (χ4n) is 11.5. The zero-order chi connectivity index (χ0) is 65.9. The summed E-state index contributed by atoms with van der Waals surface area (Å²) < 4.78 is 29.6. The Labute approximate surface area is 527 Å². The monoisotopic (exact) mass is 1260 g/mol. The number of methoxy groups -OCH3 is 2. The summed E-state index contributed by atoms with van der Waals surface area (Å²) in [6.45, 7) is 18.2.